The van der Waals surface area contributed by atoms with Gasteiger partial charge in [-0.15, -0.1) is 24.0 Å². The summed E-state index contributed by atoms with van der Waals surface area (Å²) in [7, 11) is 0. The molecule has 1 heterocycles. The van der Waals surface area contributed by atoms with E-state index in [0.717, 1.165) is 25.6 Å². The van der Waals surface area contributed by atoms with Crippen molar-refractivity contribution in [1.29, 1.82) is 0 Å². The van der Waals surface area contributed by atoms with Gasteiger partial charge in [-0.1, -0.05) is 57.0 Å². The summed E-state index contributed by atoms with van der Waals surface area (Å²) in [4.78, 5) is 6.90. The van der Waals surface area contributed by atoms with Crippen LogP contribution >= 0.6 is 24.0 Å². The third-order valence-corrected chi connectivity index (χ3v) is 4.12. The van der Waals surface area contributed by atoms with E-state index in [2.05, 4.69) is 54.1 Å². The second-order valence-corrected chi connectivity index (χ2v) is 6.33. The minimum absolute atomic E-state index is 0. The monoisotopic (exact) mass is 401 g/mol. The van der Waals surface area contributed by atoms with Gasteiger partial charge in [0.05, 0.1) is 6.54 Å². The zero-order valence-electron chi connectivity index (χ0n) is 13.2. The highest BCUT2D eigenvalue weighted by Gasteiger charge is 2.20. The maximum Gasteiger partial charge on any atom is 0.191 e. The van der Waals surface area contributed by atoms with Crippen LogP contribution in [0.5, 0.6) is 0 Å². The lowest BCUT2D eigenvalue weighted by atomic mass is 9.85. The van der Waals surface area contributed by atoms with Crippen LogP contribution < -0.4 is 5.73 Å². The Labute approximate surface area is 146 Å². The Morgan fingerprint density at radius 3 is 2.24 bits per heavy atom. The minimum Gasteiger partial charge on any atom is -0.370 e. The van der Waals surface area contributed by atoms with E-state index in [1.807, 2.05) is 0 Å². The molecule has 0 unspecified atom stereocenters. The summed E-state index contributed by atoms with van der Waals surface area (Å²) in [6.07, 6.45) is 5.11. The van der Waals surface area contributed by atoms with Crippen molar-refractivity contribution in [3.63, 3.8) is 0 Å². The van der Waals surface area contributed by atoms with Gasteiger partial charge < -0.3 is 10.6 Å². The molecule has 0 saturated carbocycles. The average Bonchev–Trinajstić information content (AvgIpc) is 2.75. The van der Waals surface area contributed by atoms with Crippen molar-refractivity contribution in [2.75, 3.05) is 19.6 Å². The number of guanidine groups is 1. The minimum atomic E-state index is 0. The first kappa shape index (κ1) is 18.3. The second kappa shape index (κ2) is 8.61. The highest BCUT2D eigenvalue weighted by atomic mass is 127. The Kier molecular flexibility index (Phi) is 7.49. The maximum absolute atomic E-state index is 6.18. The number of hydrogen-bond donors (Lipinski definition) is 1. The molecule has 0 spiro atoms. The van der Waals surface area contributed by atoms with Gasteiger partial charge in [0.2, 0.25) is 0 Å². The van der Waals surface area contributed by atoms with Crippen molar-refractivity contribution in [2.24, 2.45) is 10.7 Å². The molecule has 0 radical (unpaired) electrons. The topological polar surface area (TPSA) is 41.6 Å². The van der Waals surface area contributed by atoms with Crippen LogP contribution in [0.3, 0.4) is 0 Å². The Balaban J connectivity index is 0.00000220. The van der Waals surface area contributed by atoms with Gasteiger partial charge in [0.1, 0.15) is 0 Å². The molecule has 1 saturated heterocycles. The fourth-order valence-electron chi connectivity index (χ4n) is 2.66. The molecular formula is C17H28IN3. The van der Waals surface area contributed by atoms with Gasteiger partial charge in [0, 0.05) is 18.5 Å². The summed E-state index contributed by atoms with van der Waals surface area (Å²) in [5.74, 6) is 0.718. The molecule has 1 aromatic carbocycles. The van der Waals surface area contributed by atoms with Crippen LogP contribution in [0.4, 0.5) is 0 Å². The van der Waals surface area contributed by atoms with Crippen LogP contribution in [0.2, 0.25) is 0 Å². The predicted octanol–water partition coefficient (Wildman–Crippen LogP) is 3.77. The van der Waals surface area contributed by atoms with Crippen molar-refractivity contribution < 1.29 is 0 Å². The lowest BCUT2D eigenvalue weighted by Gasteiger charge is -2.26. The van der Waals surface area contributed by atoms with Crippen molar-refractivity contribution >= 4 is 29.9 Å². The third-order valence-electron chi connectivity index (χ3n) is 4.12. The number of benzene rings is 1. The molecule has 1 aliphatic heterocycles. The van der Waals surface area contributed by atoms with Gasteiger partial charge in [0.15, 0.2) is 5.96 Å². The summed E-state index contributed by atoms with van der Waals surface area (Å²) in [5, 5.41) is 0. The number of hydrogen-bond acceptors (Lipinski definition) is 1. The number of nitrogens with two attached hydrogens (primary N) is 1. The van der Waals surface area contributed by atoms with Crippen LogP contribution in [0.15, 0.2) is 35.3 Å². The zero-order chi connectivity index (χ0) is 14.4. The first-order valence-electron chi connectivity index (χ1n) is 7.70. The molecule has 1 fully saturated rings. The Morgan fingerprint density at radius 2 is 1.67 bits per heavy atom. The smallest absolute Gasteiger partial charge is 0.191 e. The van der Waals surface area contributed by atoms with Gasteiger partial charge in [-0.3, -0.25) is 4.99 Å². The highest BCUT2D eigenvalue weighted by molar-refractivity contribution is 14.0. The maximum atomic E-state index is 6.18. The average molecular weight is 401 g/mol. The van der Waals surface area contributed by atoms with Crippen molar-refractivity contribution in [3.05, 3.63) is 35.9 Å². The lowest BCUT2D eigenvalue weighted by Crippen LogP contribution is -2.39. The molecule has 2 rings (SSSR count). The summed E-state index contributed by atoms with van der Waals surface area (Å²) in [6, 6.07) is 10.5. The Hall–Kier alpha value is -0.780. The quantitative estimate of drug-likeness (QED) is 0.476. The first-order chi connectivity index (χ1) is 9.59. The summed E-state index contributed by atoms with van der Waals surface area (Å²) >= 11 is 0. The molecule has 2 N–H and O–H groups in total. The van der Waals surface area contributed by atoms with Gasteiger partial charge in [-0.05, 0) is 18.4 Å². The fourth-order valence-corrected chi connectivity index (χ4v) is 2.66. The number of nitrogens with zero attached hydrogens (tertiary/aromatic N) is 2. The molecule has 3 nitrogen and oxygen atoms in total. The van der Waals surface area contributed by atoms with Crippen molar-refractivity contribution in [3.8, 4) is 0 Å². The molecular weight excluding hydrogens is 373 g/mol. The molecule has 0 atom stereocenters. The zero-order valence-corrected chi connectivity index (χ0v) is 15.5. The van der Waals surface area contributed by atoms with Gasteiger partial charge >= 0.3 is 0 Å². The molecule has 0 aliphatic carbocycles. The van der Waals surface area contributed by atoms with E-state index in [1.165, 1.54) is 31.2 Å². The van der Waals surface area contributed by atoms with E-state index in [1.54, 1.807) is 0 Å². The molecule has 1 aliphatic rings. The summed E-state index contributed by atoms with van der Waals surface area (Å²) in [6.45, 7) is 7.30. The van der Waals surface area contributed by atoms with Crippen LogP contribution in [0.25, 0.3) is 0 Å². The Morgan fingerprint density at radius 1 is 1.10 bits per heavy atom. The highest BCUT2D eigenvalue weighted by Crippen LogP contribution is 2.23. The van der Waals surface area contributed by atoms with Gasteiger partial charge in [-0.2, -0.15) is 0 Å². The normalized spacial score (nSPS) is 17.0. The number of rotatable bonds is 3. The van der Waals surface area contributed by atoms with Gasteiger partial charge in [0.25, 0.3) is 0 Å². The van der Waals surface area contributed by atoms with E-state index < -0.39 is 0 Å². The SMILES string of the molecule is CC(C)(CN=C(N)N1CCCCCC1)c1ccccc1.I. The third kappa shape index (κ3) is 5.49. The molecule has 0 bridgehead atoms. The number of likely N-dealkylation sites (tertiary alicyclic amines) is 1. The molecule has 4 heteroatoms. The molecule has 1 aromatic rings. The van der Waals surface area contributed by atoms with E-state index in [4.69, 9.17) is 5.73 Å². The molecule has 118 valence electrons. The van der Waals surface area contributed by atoms with Crippen LogP contribution in [0, 0.1) is 0 Å². The summed E-state index contributed by atoms with van der Waals surface area (Å²) < 4.78 is 0. The van der Waals surface area contributed by atoms with Crippen LogP contribution in [-0.4, -0.2) is 30.5 Å². The number of halogens is 1. The lowest BCUT2D eigenvalue weighted by molar-refractivity contribution is 0.424. The molecule has 21 heavy (non-hydrogen) atoms. The van der Waals surface area contributed by atoms with E-state index in [9.17, 15) is 0 Å². The Bertz CT molecular complexity index is 435. The molecule has 0 aromatic heterocycles. The fraction of sp³-hybridized carbons (Fsp3) is 0.588. The standard InChI is InChI=1S/C17H27N3.HI/c1-17(2,15-10-6-5-7-11-15)14-19-16(18)20-12-8-3-4-9-13-20;/h5-7,10-11H,3-4,8-9,12-14H2,1-2H3,(H2,18,19);1H. The van der Waals surface area contributed by atoms with Crippen molar-refractivity contribution in [1.82, 2.24) is 4.90 Å². The largest absolute Gasteiger partial charge is 0.370 e. The predicted molar refractivity (Wildman–Crippen MR) is 101 cm³/mol. The molecule has 0 amide bonds. The van der Waals surface area contributed by atoms with E-state index >= 15 is 0 Å². The van der Waals surface area contributed by atoms with Crippen LogP contribution in [0.1, 0.15) is 45.1 Å². The van der Waals surface area contributed by atoms with E-state index in [0.29, 0.717) is 0 Å². The number of aliphatic imine (C=N–C) groups is 1. The van der Waals surface area contributed by atoms with Crippen LogP contribution in [-0.2, 0) is 5.41 Å². The van der Waals surface area contributed by atoms with E-state index in [-0.39, 0.29) is 29.4 Å². The second-order valence-electron chi connectivity index (χ2n) is 6.33. The van der Waals surface area contributed by atoms with Gasteiger partial charge in [-0.25, -0.2) is 0 Å². The summed E-state index contributed by atoms with van der Waals surface area (Å²) in [5.41, 5.74) is 7.52. The first-order valence-corrected chi connectivity index (χ1v) is 7.70. The van der Waals surface area contributed by atoms with Crippen molar-refractivity contribution in [2.45, 2.75) is 44.9 Å².